The maximum absolute atomic E-state index is 12.5. The van der Waals surface area contributed by atoms with Gasteiger partial charge in [0.15, 0.2) is 0 Å². The molecule has 0 aromatic rings. The van der Waals surface area contributed by atoms with E-state index in [2.05, 4.69) is 18.8 Å². The number of fused-ring (bicyclic) bond motifs is 2. The quantitative estimate of drug-likeness (QED) is 0.403. The minimum absolute atomic E-state index is 0.0582. The van der Waals surface area contributed by atoms with Gasteiger partial charge in [-0.1, -0.05) is 19.1 Å². The minimum atomic E-state index is 0.0582. The predicted octanol–water partition coefficient (Wildman–Crippen LogP) is -0.221. The molecule has 5 nitrogen and oxygen atoms in total. The van der Waals surface area contributed by atoms with Crippen molar-refractivity contribution in [2.45, 2.75) is 45.1 Å². The first kappa shape index (κ1) is 18.5. The Bertz CT molecular complexity index is 545. The van der Waals surface area contributed by atoms with Crippen molar-refractivity contribution < 1.29 is 24.5 Å². The number of ether oxygens (including phenoxy) is 2. The van der Waals surface area contributed by atoms with Gasteiger partial charge < -0.3 is 19.7 Å². The van der Waals surface area contributed by atoms with Crippen molar-refractivity contribution in [2.24, 2.45) is 23.2 Å². The molecule has 0 amide bonds. The van der Waals surface area contributed by atoms with Gasteiger partial charge in [0.2, 0.25) is 0 Å². The van der Waals surface area contributed by atoms with Gasteiger partial charge in [0.05, 0.1) is 19.8 Å². The molecular weight excluding hydrogens is 328 g/mol. The molecule has 4 fully saturated rings. The van der Waals surface area contributed by atoms with Crippen LogP contribution in [0.1, 0.15) is 39.0 Å². The molecule has 0 bridgehead atoms. The number of quaternary nitrogens is 2. The van der Waals surface area contributed by atoms with Crippen LogP contribution >= 0.6 is 0 Å². The summed E-state index contributed by atoms with van der Waals surface area (Å²) in [4.78, 5) is 14.2. The monoisotopic (exact) mass is 364 g/mol. The summed E-state index contributed by atoms with van der Waals surface area (Å²) >= 11 is 0. The molecule has 146 valence electrons. The predicted molar refractivity (Wildman–Crippen MR) is 98.7 cm³/mol. The number of nitrogens with two attached hydrogens (primary N) is 1. The number of esters is 1. The number of hydrogen-bond donors (Lipinski definition) is 2. The molecule has 5 heteroatoms. The van der Waals surface area contributed by atoms with Gasteiger partial charge in [-0.2, -0.15) is 0 Å². The Morgan fingerprint density at radius 2 is 2.15 bits per heavy atom. The van der Waals surface area contributed by atoms with Crippen LogP contribution in [0.2, 0.25) is 0 Å². The fraction of sp³-hybridized carbons (Fsp3) is 0.857. The fourth-order valence-electron chi connectivity index (χ4n) is 6.04. The van der Waals surface area contributed by atoms with E-state index in [0.29, 0.717) is 17.3 Å². The molecule has 0 radical (unpaired) electrons. The SMILES string of the molecule is C=C1CCC[C@@]2(C)C[C@H]3OC(=O)[C@@H](C[NH2+]CC[NH+]4CCOCC4)[C@@H]3C[C@H]12. The molecule has 26 heavy (non-hydrogen) atoms. The highest BCUT2D eigenvalue weighted by molar-refractivity contribution is 5.75. The highest BCUT2D eigenvalue weighted by Crippen LogP contribution is 2.56. The number of hydrogen-bond acceptors (Lipinski definition) is 3. The summed E-state index contributed by atoms with van der Waals surface area (Å²) in [6.07, 6.45) is 5.99. The minimum Gasteiger partial charge on any atom is -0.462 e. The molecule has 0 unspecified atom stereocenters. The van der Waals surface area contributed by atoms with Crippen LogP contribution in [-0.2, 0) is 14.3 Å². The first-order valence-electron chi connectivity index (χ1n) is 10.7. The van der Waals surface area contributed by atoms with E-state index >= 15 is 0 Å². The van der Waals surface area contributed by atoms with Gasteiger partial charge in [-0.25, -0.2) is 0 Å². The Morgan fingerprint density at radius 3 is 2.96 bits per heavy atom. The maximum Gasteiger partial charge on any atom is 0.315 e. The normalized spacial score (nSPS) is 40.8. The van der Waals surface area contributed by atoms with Gasteiger partial charge in [0.25, 0.3) is 0 Å². The van der Waals surface area contributed by atoms with Crippen LogP contribution in [0.5, 0.6) is 0 Å². The second-order valence-corrected chi connectivity index (χ2v) is 9.33. The summed E-state index contributed by atoms with van der Waals surface area (Å²) in [6, 6.07) is 0. The van der Waals surface area contributed by atoms with E-state index in [1.54, 1.807) is 4.90 Å². The third kappa shape index (κ3) is 3.58. The molecule has 5 atom stereocenters. The van der Waals surface area contributed by atoms with Crippen LogP contribution in [0.25, 0.3) is 0 Å². The standard InChI is InChI=1S/C21H34N2O3/c1-15-4-3-5-21(2)13-19-16(12-18(15)21)17(20(24)26-19)14-22-6-7-23-8-10-25-11-9-23/h16-19,22H,1,3-14H2,2H3/p+2/t16-,17-,18+,19+,21-/m0/s1. The molecule has 0 spiro atoms. The summed E-state index contributed by atoms with van der Waals surface area (Å²) in [5.74, 6) is 1.14. The average molecular weight is 365 g/mol. The van der Waals surface area contributed by atoms with Crippen LogP contribution in [0.4, 0.5) is 0 Å². The van der Waals surface area contributed by atoms with Crippen LogP contribution < -0.4 is 10.2 Å². The number of nitrogens with one attached hydrogen (secondary N) is 1. The van der Waals surface area contributed by atoms with Crippen LogP contribution in [-0.4, -0.2) is 58.0 Å². The number of allylic oxidation sites excluding steroid dienone is 1. The van der Waals surface area contributed by atoms with E-state index in [9.17, 15) is 4.79 Å². The lowest BCUT2D eigenvalue weighted by molar-refractivity contribution is -0.919. The molecule has 2 heterocycles. The van der Waals surface area contributed by atoms with Crippen molar-refractivity contribution in [1.82, 2.24) is 0 Å². The van der Waals surface area contributed by atoms with E-state index in [4.69, 9.17) is 9.47 Å². The van der Waals surface area contributed by atoms with Gasteiger partial charge in [-0.15, -0.1) is 0 Å². The Morgan fingerprint density at radius 1 is 1.35 bits per heavy atom. The smallest absolute Gasteiger partial charge is 0.315 e. The van der Waals surface area contributed by atoms with E-state index in [-0.39, 0.29) is 18.0 Å². The van der Waals surface area contributed by atoms with Crippen LogP contribution in [0, 0.1) is 23.2 Å². The van der Waals surface area contributed by atoms with Crippen molar-refractivity contribution in [1.29, 1.82) is 0 Å². The summed E-state index contributed by atoms with van der Waals surface area (Å²) < 4.78 is 11.3. The van der Waals surface area contributed by atoms with E-state index in [1.807, 2.05) is 0 Å². The van der Waals surface area contributed by atoms with Crippen molar-refractivity contribution in [2.75, 3.05) is 45.9 Å². The molecule has 2 saturated heterocycles. The Kier molecular flexibility index (Phi) is 5.40. The summed E-state index contributed by atoms with van der Waals surface area (Å²) in [5.41, 5.74) is 1.73. The zero-order valence-corrected chi connectivity index (χ0v) is 16.3. The molecule has 0 aromatic heterocycles. The van der Waals surface area contributed by atoms with Gasteiger partial charge in [0, 0.05) is 5.92 Å². The number of rotatable bonds is 5. The van der Waals surface area contributed by atoms with Crippen molar-refractivity contribution in [3.63, 3.8) is 0 Å². The fourth-order valence-corrected chi connectivity index (χ4v) is 6.04. The molecule has 2 saturated carbocycles. The van der Waals surface area contributed by atoms with E-state index < -0.39 is 0 Å². The summed E-state index contributed by atoms with van der Waals surface area (Å²) in [6.45, 7) is 13.9. The summed E-state index contributed by atoms with van der Waals surface area (Å²) in [7, 11) is 0. The van der Waals surface area contributed by atoms with Gasteiger partial charge in [-0.05, 0) is 43.4 Å². The van der Waals surface area contributed by atoms with Gasteiger partial charge >= 0.3 is 5.97 Å². The third-order valence-corrected chi connectivity index (χ3v) is 7.64. The van der Waals surface area contributed by atoms with E-state index in [1.165, 1.54) is 24.8 Å². The third-order valence-electron chi connectivity index (χ3n) is 7.64. The van der Waals surface area contributed by atoms with Crippen molar-refractivity contribution in [3.8, 4) is 0 Å². The zero-order chi connectivity index (χ0) is 18.1. The van der Waals surface area contributed by atoms with Crippen molar-refractivity contribution >= 4 is 5.97 Å². The Balaban J connectivity index is 1.31. The second-order valence-electron chi connectivity index (χ2n) is 9.33. The molecule has 2 aliphatic carbocycles. The lowest BCUT2D eigenvalue weighted by Gasteiger charge is -2.49. The Labute approximate surface area is 157 Å². The highest BCUT2D eigenvalue weighted by Gasteiger charge is 2.55. The molecule has 3 N–H and O–H groups in total. The Hall–Kier alpha value is -0.910. The van der Waals surface area contributed by atoms with Gasteiger partial charge in [-0.3, -0.25) is 4.79 Å². The molecule has 4 rings (SSSR count). The molecule has 2 aliphatic heterocycles. The van der Waals surface area contributed by atoms with Crippen LogP contribution in [0.3, 0.4) is 0 Å². The topological polar surface area (TPSA) is 56.6 Å². The van der Waals surface area contributed by atoms with E-state index in [0.717, 1.165) is 58.8 Å². The highest BCUT2D eigenvalue weighted by atomic mass is 16.6. The maximum atomic E-state index is 12.5. The van der Waals surface area contributed by atoms with Gasteiger partial charge in [0.1, 0.15) is 38.2 Å². The zero-order valence-electron chi connectivity index (χ0n) is 16.3. The first-order valence-corrected chi connectivity index (χ1v) is 10.7. The first-order chi connectivity index (χ1) is 12.6. The molecule has 0 aromatic carbocycles. The number of morpholine rings is 1. The molecule has 4 aliphatic rings. The second kappa shape index (κ2) is 7.61. The van der Waals surface area contributed by atoms with Crippen molar-refractivity contribution in [3.05, 3.63) is 12.2 Å². The van der Waals surface area contributed by atoms with Crippen LogP contribution in [0.15, 0.2) is 12.2 Å². The lowest BCUT2D eigenvalue weighted by atomic mass is 9.55. The summed E-state index contributed by atoms with van der Waals surface area (Å²) in [5, 5.41) is 2.35. The average Bonchev–Trinajstić information content (AvgIpc) is 2.92. The number of carbonyl (C=O) groups is 1. The lowest BCUT2D eigenvalue weighted by Crippen LogP contribution is -3.16. The largest absolute Gasteiger partial charge is 0.462 e. The molecular formula is C21H36N2O3+2. The number of carbonyl (C=O) groups excluding carboxylic acids is 1.